The maximum Gasteiger partial charge on any atom is 0.225 e. The maximum atomic E-state index is 6.33. The van der Waals surface area contributed by atoms with Crippen LogP contribution in [0.25, 0.3) is 21.3 Å². The predicted molar refractivity (Wildman–Crippen MR) is 121 cm³/mol. The normalized spacial score (nSPS) is 15.7. The zero-order valence-corrected chi connectivity index (χ0v) is 18.6. The van der Waals surface area contributed by atoms with Crippen LogP contribution in [0.5, 0.6) is 0 Å². The van der Waals surface area contributed by atoms with E-state index in [0.717, 1.165) is 48.6 Å². The quantitative estimate of drug-likeness (QED) is 0.531. The number of rotatable bonds is 4. The smallest absolute Gasteiger partial charge is 0.225 e. The highest BCUT2D eigenvalue weighted by Crippen LogP contribution is 2.43. The number of nitrogens with zero attached hydrogens (tertiary/aromatic N) is 4. The average Bonchev–Trinajstić information content (AvgIpc) is 3.06. The van der Waals surface area contributed by atoms with Crippen LogP contribution in [-0.4, -0.2) is 48.1 Å². The number of thiophene rings is 1. The van der Waals surface area contributed by atoms with Gasteiger partial charge in [0.05, 0.1) is 5.39 Å². The van der Waals surface area contributed by atoms with Crippen LogP contribution in [0, 0.1) is 0 Å². The number of anilines is 1. The van der Waals surface area contributed by atoms with E-state index in [1.54, 1.807) is 11.3 Å². The van der Waals surface area contributed by atoms with Crippen molar-refractivity contribution >= 4 is 39.0 Å². The highest BCUT2D eigenvalue weighted by Gasteiger charge is 2.24. The molecule has 4 rings (SSSR count). The van der Waals surface area contributed by atoms with Crippen LogP contribution in [0.15, 0.2) is 24.3 Å². The first-order chi connectivity index (χ1) is 13.5. The number of piperazine rings is 1. The SMILES string of the molecule is CCc1sc2nc(Cl)nc(N3CCN(C)CC3)c2c1-c1ccc(C(C)C)cc1. The van der Waals surface area contributed by atoms with Crippen molar-refractivity contribution in [1.29, 1.82) is 0 Å². The molecule has 0 spiro atoms. The molecule has 1 aliphatic heterocycles. The number of likely N-dealkylation sites (N-methyl/N-ethyl adjacent to an activating group) is 1. The van der Waals surface area contributed by atoms with Gasteiger partial charge in [-0.2, -0.15) is 4.98 Å². The Labute approximate surface area is 176 Å². The van der Waals surface area contributed by atoms with E-state index in [1.165, 1.54) is 21.6 Å². The van der Waals surface area contributed by atoms with Gasteiger partial charge in [-0.1, -0.05) is 45.0 Å². The molecule has 0 unspecified atom stereocenters. The molecule has 0 radical (unpaired) electrons. The van der Waals surface area contributed by atoms with Crippen molar-refractivity contribution in [3.63, 3.8) is 0 Å². The summed E-state index contributed by atoms with van der Waals surface area (Å²) in [6, 6.07) is 8.99. The fourth-order valence-electron chi connectivity index (χ4n) is 3.84. The largest absolute Gasteiger partial charge is 0.353 e. The molecule has 3 heterocycles. The Bertz CT molecular complexity index is 972. The lowest BCUT2D eigenvalue weighted by Gasteiger charge is -2.33. The van der Waals surface area contributed by atoms with Crippen molar-refractivity contribution in [3.8, 4) is 11.1 Å². The number of fused-ring (bicyclic) bond motifs is 1. The Balaban J connectivity index is 1.89. The topological polar surface area (TPSA) is 32.3 Å². The van der Waals surface area contributed by atoms with E-state index in [9.17, 15) is 0 Å². The number of hydrogen-bond acceptors (Lipinski definition) is 5. The molecule has 4 nitrogen and oxygen atoms in total. The first-order valence-corrected chi connectivity index (χ1v) is 11.2. The first kappa shape index (κ1) is 19.6. The molecule has 0 aliphatic carbocycles. The van der Waals surface area contributed by atoms with Crippen molar-refractivity contribution in [3.05, 3.63) is 40.0 Å². The van der Waals surface area contributed by atoms with Crippen LogP contribution in [0.1, 0.15) is 37.1 Å². The minimum absolute atomic E-state index is 0.340. The predicted octanol–water partition coefficient (Wildman–Crippen LogP) is 5.45. The zero-order valence-electron chi connectivity index (χ0n) is 17.0. The molecule has 1 aliphatic rings. The zero-order chi connectivity index (χ0) is 19.8. The summed E-state index contributed by atoms with van der Waals surface area (Å²) in [5.41, 5.74) is 3.89. The molecule has 0 N–H and O–H groups in total. The van der Waals surface area contributed by atoms with E-state index in [0.29, 0.717) is 11.2 Å². The molecule has 0 atom stereocenters. The van der Waals surface area contributed by atoms with Gasteiger partial charge in [-0.3, -0.25) is 0 Å². The fraction of sp³-hybridized carbons (Fsp3) is 0.455. The fourth-order valence-corrected chi connectivity index (χ4v) is 5.18. The van der Waals surface area contributed by atoms with E-state index >= 15 is 0 Å². The second kappa shape index (κ2) is 7.97. The van der Waals surface area contributed by atoms with Crippen LogP contribution in [0.4, 0.5) is 5.82 Å². The summed E-state index contributed by atoms with van der Waals surface area (Å²) < 4.78 is 0. The average molecular weight is 415 g/mol. The molecule has 0 amide bonds. The lowest BCUT2D eigenvalue weighted by molar-refractivity contribution is 0.312. The van der Waals surface area contributed by atoms with Gasteiger partial charge in [0.1, 0.15) is 10.6 Å². The Morgan fingerprint density at radius 1 is 1.07 bits per heavy atom. The summed E-state index contributed by atoms with van der Waals surface area (Å²) >= 11 is 8.07. The molecule has 1 saturated heterocycles. The van der Waals surface area contributed by atoms with Gasteiger partial charge >= 0.3 is 0 Å². The molecule has 28 heavy (non-hydrogen) atoms. The van der Waals surface area contributed by atoms with Gasteiger partial charge in [-0.25, -0.2) is 4.98 Å². The van der Waals surface area contributed by atoms with Gasteiger partial charge in [-0.15, -0.1) is 11.3 Å². The minimum Gasteiger partial charge on any atom is -0.353 e. The number of aryl methyl sites for hydroxylation is 1. The van der Waals surface area contributed by atoms with Crippen molar-refractivity contribution in [2.45, 2.75) is 33.1 Å². The summed E-state index contributed by atoms with van der Waals surface area (Å²) in [6.45, 7) is 10.7. The molecule has 3 aromatic rings. The van der Waals surface area contributed by atoms with Crippen LogP contribution in [-0.2, 0) is 6.42 Å². The van der Waals surface area contributed by atoms with E-state index in [1.807, 2.05) is 0 Å². The highest BCUT2D eigenvalue weighted by molar-refractivity contribution is 7.19. The van der Waals surface area contributed by atoms with Crippen LogP contribution < -0.4 is 4.90 Å². The van der Waals surface area contributed by atoms with E-state index in [2.05, 4.69) is 66.9 Å². The van der Waals surface area contributed by atoms with Crippen molar-refractivity contribution < 1.29 is 0 Å². The van der Waals surface area contributed by atoms with Crippen molar-refractivity contribution in [2.24, 2.45) is 0 Å². The van der Waals surface area contributed by atoms with Crippen molar-refractivity contribution in [1.82, 2.24) is 14.9 Å². The molecule has 1 fully saturated rings. The van der Waals surface area contributed by atoms with Gasteiger partial charge < -0.3 is 9.80 Å². The maximum absolute atomic E-state index is 6.33. The van der Waals surface area contributed by atoms with Crippen LogP contribution >= 0.6 is 22.9 Å². The summed E-state index contributed by atoms with van der Waals surface area (Å²) in [5.74, 6) is 1.52. The second-order valence-electron chi connectivity index (χ2n) is 7.82. The van der Waals surface area contributed by atoms with Crippen molar-refractivity contribution in [2.75, 3.05) is 38.1 Å². The summed E-state index contributed by atoms with van der Waals surface area (Å²) in [6.07, 6.45) is 0.974. The number of hydrogen-bond donors (Lipinski definition) is 0. The molecule has 2 aromatic heterocycles. The molecule has 1 aromatic carbocycles. The lowest BCUT2D eigenvalue weighted by Crippen LogP contribution is -2.44. The lowest BCUT2D eigenvalue weighted by atomic mass is 9.97. The van der Waals surface area contributed by atoms with Crippen LogP contribution in [0.2, 0.25) is 5.28 Å². The highest BCUT2D eigenvalue weighted by atomic mass is 35.5. The molecule has 0 bridgehead atoms. The molecule has 148 valence electrons. The van der Waals surface area contributed by atoms with Gasteiger partial charge in [0.2, 0.25) is 5.28 Å². The van der Waals surface area contributed by atoms with Gasteiger partial charge in [0.15, 0.2) is 0 Å². The summed E-state index contributed by atoms with van der Waals surface area (Å²) in [4.78, 5) is 16.3. The molecular formula is C22H27ClN4S. The number of halogens is 1. The van der Waals surface area contributed by atoms with E-state index < -0.39 is 0 Å². The Morgan fingerprint density at radius 3 is 2.36 bits per heavy atom. The third-order valence-electron chi connectivity index (χ3n) is 5.57. The molecule has 6 heteroatoms. The number of aromatic nitrogens is 2. The van der Waals surface area contributed by atoms with Gasteiger partial charge in [-0.05, 0) is 42.1 Å². The third-order valence-corrected chi connectivity index (χ3v) is 6.97. The summed E-state index contributed by atoms with van der Waals surface area (Å²) in [5, 5.41) is 1.50. The van der Waals surface area contributed by atoms with Gasteiger partial charge in [0, 0.05) is 36.6 Å². The Morgan fingerprint density at radius 2 is 1.75 bits per heavy atom. The minimum atomic E-state index is 0.340. The van der Waals surface area contributed by atoms with E-state index in [4.69, 9.17) is 16.6 Å². The molecular weight excluding hydrogens is 388 g/mol. The monoisotopic (exact) mass is 414 g/mol. The number of benzene rings is 1. The third kappa shape index (κ3) is 3.63. The second-order valence-corrected chi connectivity index (χ2v) is 9.24. The standard InChI is InChI=1S/C22H27ClN4S/c1-5-17-18(16-8-6-15(7-9-16)14(2)3)19-20(24-22(23)25-21(19)28-17)27-12-10-26(4)11-13-27/h6-9,14H,5,10-13H2,1-4H3. The Kier molecular flexibility index (Phi) is 5.59. The molecule has 0 saturated carbocycles. The Hall–Kier alpha value is -1.69. The summed E-state index contributed by atoms with van der Waals surface area (Å²) in [7, 11) is 2.17. The first-order valence-electron chi connectivity index (χ1n) is 10.0. The van der Waals surface area contributed by atoms with E-state index in [-0.39, 0.29) is 0 Å². The van der Waals surface area contributed by atoms with Crippen LogP contribution in [0.3, 0.4) is 0 Å². The van der Waals surface area contributed by atoms with Gasteiger partial charge in [0.25, 0.3) is 0 Å².